The lowest BCUT2D eigenvalue weighted by molar-refractivity contribution is -0.157. The van der Waals surface area contributed by atoms with Gasteiger partial charge in [-0.1, -0.05) is 18.2 Å². The molecule has 2 rings (SSSR count). The van der Waals surface area contributed by atoms with Crippen molar-refractivity contribution in [1.82, 2.24) is 9.78 Å². The lowest BCUT2D eigenvalue weighted by Gasteiger charge is -2.16. The van der Waals surface area contributed by atoms with Crippen molar-refractivity contribution in [2.24, 2.45) is 5.41 Å². The topological polar surface area (TPSA) is 112 Å². The number of anilines is 2. The molecule has 1 atom stereocenters. The van der Waals surface area contributed by atoms with Crippen LogP contribution in [0.15, 0.2) is 42.7 Å². The fourth-order valence-electron chi connectivity index (χ4n) is 1.97. The van der Waals surface area contributed by atoms with E-state index in [1.54, 1.807) is 45.0 Å². The van der Waals surface area contributed by atoms with Crippen LogP contribution in [0, 0.1) is 5.41 Å². The van der Waals surface area contributed by atoms with Gasteiger partial charge in [0.1, 0.15) is 0 Å². The van der Waals surface area contributed by atoms with Crippen molar-refractivity contribution in [3.05, 3.63) is 42.7 Å². The number of hydrogen-bond donors (Lipinski definition) is 2. The quantitative estimate of drug-likeness (QED) is 0.736. The van der Waals surface area contributed by atoms with Crippen LogP contribution >= 0.6 is 0 Å². The molecule has 1 aromatic heterocycles. The summed E-state index contributed by atoms with van der Waals surface area (Å²) in [4.78, 5) is 35.8. The van der Waals surface area contributed by atoms with Crippen LogP contribution in [0.4, 0.5) is 16.2 Å². The van der Waals surface area contributed by atoms with E-state index in [9.17, 15) is 14.4 Å². The van der Waals surface area contributed by atoms with Crippen molar-refractivity contribution in [1.29, 1.82) is 0 Å². The maximum atomic E-state index is 12.2. The number of nitrogens with one attached hydrogen (secondary N) is 2. The number of hydrogen-bond acceptors (Lipinski definition) is 6. The summed E-state index contributed by atoms with van der Waals surface area (Å²) in [6.45, 7) is 6.63. The molecule has 2 amide bonds. The van der Waals surface area contributed by atoms with E-state index in [0.717, 1.165) is 0 Å². The first-order valence-corrected chi connectivity index (χ1v) is 8.68. The minimum atomic E-state index is -1.02. The van der Waals surface area contributed by atoms with Crippen molar-refractivity contribution < 1.29 is 23.9 Å². The summed E-state index contributed by atoms with van der Waals surface area (Å²) >= 11 is 0. The van der Waals surface area contributed by atoms with E-state index >= 15 is 0 Å². The number of rotatable bonds is 6. The highest BCUT2D eigenvalue weighted by molar-refractivity contribution is 5.95. The van der Waals surface area contributed by atoms with Crippen LogP contribution < -0.4 is 10.6 Å². The van der Waals surface area contributed by atoms with Gasteiger partial charge in [-0.2, -0.15) is 5.10 Å². The summed E-state index contributed by atoms with van der Waals surface area (Å²) in [6.07, 6.45) is 1.15. The molecule has 2 aromatic rings. The fourth-order valence-corrected chi connectivity index (χ4v) is 1.97. The molecule has 9 heteroatoms. The van der Waals surface area contributed by atoms with Gasteiger partial charge >= 0.3 is 12.1 Å². The molecule has 0 saturated heterocycles. The summed E-state index contributed by atoms with van der Waals surface area (Å²) in [5, 5.41) is 9.11. The zero-order valence-corrected chi connectivity index (χ0v) is 16.3. The van der Waals surface area contributed by atoms with Crippen LogP contribution in [0.5, 0.6) is 0 Å². The number of benzene rings is 1. The van der Waals surface area contributed by atoms with Gasteiger partial charge in [-0.25, -0.2) is 9.48 Å². The van der Waals surface area contributed by atoms with Gasteiger partial charge in [0.05, 0.1) is 23.5 Å². The second-order valence-corrected chi connectivity index (χ2v) is 7.11. The van der Waals surface area contributed by atoms with Gasteiger partial charge in [0, 0.05) is 5.69 Å². The Morgan fingerprint density at radius 2 is 1.79 bits per heavy atom. The van der Waals surface area contributed by atoms with E-state index in [1.807, 2.05) is 6.07 Å². The number of aromatic nitrogens is 2. The Balaban J connectivity index is 1.81. The highest BCUT2D eigenvalue weighted by atomic mass is 16.6. The van der Waals surface area contributed by atoms with Gasteiger partial charge in [0.15, 0.2) is 12.8 Å². The minimum absolute atomic E-state index is 0.0719. The molecule has 1 heterocycles. The third kappa shape index (κ3) is 6.42. The molecular formula is C19H24N4O5. The number of para-hydroxylation sites is 1. The maximum absolute atomic E-state index is 12.2. The largest absolute Gasteiger partial charge is 0.442 e. The van der Waals surface area contributed by atoms with E-state index in [1.165, 1.54) is 24.0 Å². The molecule has 28 heavy (non-hydrogen) atoms. The second-order valence-electron chi connectivity index (χ2n) is 7.11. The van der Waals surface area contributed by atoms with Gasteiger partial charge < -0.3 is 14.8 Å². The molecule has 1 unspecified atom stereocenters. The summed E-state index contributed by atoms with van der Waals surface area (Å²) in [5.41, 5.74) is 0.332. The van der Waals surface area contributed by atoms with Crippen LogP contribution in [-0.2, 0) is 25.8 Å². The lowest BCUT2D eigenvalue weighted by Crippen LogP contribution is -2.31. The SMILES string of the molecule is CC(OC(=O)Nc1ccccc1)C(=O)Nc1cnn(COC(=O)C(C)(C)C)c1. The van der Waals surface area contributed by atoms with Gasteiger partial charge in [-0.05, 0) is 39.8 Å². The molecule has 0 spiro atoms. The van der Waals surface area contributed by atoms with Crippen molar-refractivity contribution >= 4 is 29.3 Å². The molecule has 9 nitrogen and oxygen atoms in total. The number of amides is 2. The molecule has 0 saturated carbocycles. The first kappa shape index (κ1) is 20.9. The molecule has 0 aliphatic carbocycles. The van der Waals surface area contributed by atoms with E-state index in [0.29, 0.717) is 11.4 Å². The van der Waals surface area contributed by atoms with E-state index < -0.39 is 23.5 Å². The number of carbonyl (C=O) groups is 3. The van der Waals surface area contributed by atoms with Gasteiger partial charge in [-0.15, -0.1) is 0 Å². The van der Waals surface area contributed by atoms with Crippen molar-refractivity contribution in [3.8, 4) is 0 Å². The summed E-state index contributed by atoms with van der Waals surface area (Å²) in [7, 11) is 0. The molecule has 0 radical (unpaired) electrons. The molecule has 2 N–H and O–H groups in total. The third-order valence-corrected chi connectivity index (χ3v) is 3.51. The molecule has 0 fully saturated rings. The Hall–Kier alpha value is -3.36. The van der Waals surface area contributed by atoms with Gasteiger partial charge in [0.2, 0.25) is 0 Å². The molecule has 1 aromatic carbocycles. The Morgan fingerprint density at radius 1 is 1.11 bits per heavy atom. The minimum Gasteiger partial charge on any atom is -0.442 e. The highest BCUT2D eigenvalue weighted by Crippen LogP contribution is 2.16. The van der Waals surface area contributed by atoms with E-state index in [2.05, 4.69) is 15.7 Å². The van der Waals surface area contributed by atoms with Crippen LogP contribution in [0.2, 0.25) is 0 Å². The summed E-state index contributed by atoms with van der Waals surface area (Å²) in [5.74, 6) is -0.880. The number of carbonyl (C=O) groups excluding carboxylic acids is 3. The maximum Gasteiger partial charge on any atom is 0.412 e. The lowest BCUT2D eigenvalue weighted by atomic mass is 9.98. The Kier molecular flexibility index (Phi) is 6.75. The van der Waals surface area contributed by atoms with Crippen molar-refractivity contribution in [2.45, 2.75) is 40.5 Å². The van der Waals surface area contributed by atoms with E-state index in [-0.39, 0.29) is 12.7 Å². The smallest absolute Gasteiger partial charge is 0.412 e. The Bertz CT molecular complexity index is 826. The Labute approximate surface area is 163 Å². The Morgan fingerprint density at radius 3 is 2.43 bits per heavy atom. The first-order valence-electron chi connectivity index (χ1n) is 8.68. The van der Waals surface area contributed by atoms with Crippen LogP contribution in [-0.4, -0.2) is 33.9 Å². The number of ether oxygens (including phenoxy) is 2. The average molecular weight is 388 g/mol. The molecule has 0 bridgehead atoms. The molecular weight excluding hydrogens is 364 g/mol. The average Bonchev–Trinajstić information content (AvgIpc) is 3.06. The fraction of sp³-hybridized carbons (Fsp3) is 0.368. The zero-order valence-electron chi connectivity index (χ0n) is 16.3. The standard InChI is InChI=1S/C19H24N4O5/c1-13(28-18(26)22-14-8-6-5-7-9-14)16(24)21-15-10-20-23(11-15)12-27-17(25)19(2,3)4/h5-11,13H,12H2,1-4H3,(H,21,24)(H,22,26). The predicted molar refractivity (Wildman–Crippen MR) is 102 cm³/mol. The zero-order chi connectivity index (χ0) is 20.7. The summed E-state index contributed by atoms with van der Waals surface area (Å²) in [6, 6.07) is 8.75. The number of nitrogens with zero attached hydrogens (tertiary/aromatic N) is 2. The van der Waals surface area contributed by atoms with Crippen molar-refractivity contribution in [3.63, 3.8) is 0 Å². The molecule has 0 aliphatic heterocycles. The van der Waals surface area contributed by atoms with Crippen molar-refractivity contribution in [2.75, 3.05) is 10.6 Å². The van der Waals surface area contributed by atoms with Gasteiger partial charge in [0.25, 0.3) is 5.91 Å². The summed E-state index contributed by atoms with van der Waals surface area (Å²) < 4.78 is 11.6. The van der Waals surface area contributed by atoms with Gasteiger partial charge in [-0.3, -0.25) is 14.9 Å². The van der Waals surface area contributed by atoms with Crippen LogP contribution in [0.1, 0.15) is 27.7 Å². The number of esters is 1. The van der Waals surface area contributed by atoms with Crippen LogP contribution in [0.3, 0.4) is 0 Å². The monoisotopic (exact) mass is 388 g/mol. The molecule has 150 valence electrons. The highest BCUT2D eigenvalue weighted by Gasteiger charge is 2.23. The first-order chi connectivity index (χ1) is 13.1. The van der Waals surface area contributed by atoms with E-state index in [4.69, 9.17) is 9.47 Å². The molecule has 0 aliphatic rings. The third-order valence-electron chi connectivity index (χ3n) is 3.51. The normalized spacial score (nSPS) is 12.0. The van der Waals surface area contributed by atoms with Crippen LogP contribution in [0.25, 0.3) is 0 Å². The second kappa shape index (κ2) is 9.03. The predicted octanol–water partition coefficient (Wildman–Crippen LogP) is 3.01.